The molecule has 2 N–H and O–H groups in total. The van der Waals surface area contributed by atoms with Crippen molar-refractivity contribution < 1.29 is 14.6 Å². The molecule has 1 heterocycles. The first-order chi connectivity index (χ1) is 7.70. The van der Waals surface area contributed by atoms with Crippen molar-refractivity contribution in [1.29, 1.82) is 0 Å². The summed E-state index contributed by atoms with van der Waals surface area (Å²) in [4.78, 5) is 0. The van der Waals surface area contributed by atoms with Crippen molar-refractivity contribution in [2.24, 2.45) is 0 Å². The van der Waals surface area contributed by atoms with E-state index in [4.69, 9.17) is 9.47 Å². The number of benzene rings is 1. The van der Waals surface area contributed by atoms with Crippen LogP contribution in [0.5, 0.6) is 11.5 Å². The summed E-state index contributed by atoms with van der Waals surface area (Å²) >= 11 is 0. The van der Waals surface area contributed by atoms with Gasteiger partial charge in [-0.2, -0.15) is 0 Å². The van der Waals surface area contributed by atoms with E-state index in [0.717, 1.165) is 12.2 Å². The molecule has 0 bridgehead atoms. The molecule has 0 amide bonds. The Morgan fingerprint density at radius 3 is 2.88 bits per heavy atom. The number of hydrogen-bond donors (Lipinski definition) is 2. The Hall–Kier alpha value is -1.26. The van der Waals surface area contributed by atoms with E-state index >= 15 is 0 Å². The van der Waals surface area contributed by atoms with Crippen molar-refractivity contribution in [1.82, 2.24) is 5.32 Å². The molecule has 4 heteroatoms. The maximum absolute atomic E-state index is 9.69. The zero-order valence-electron chi connectivity index (χ0n) is 9.56. The van der Waals surface area contributed by atoms with Gasteiger partial charge in [0.05, 0.1) is 26.4 Å². The zero-order chi connectivity index (χ0) is 11.5. The Kier molecular flexibility index (Phi) is 3.31. The second kappa shape index (κ2) is 4.72. The zero-order valence-corrected chi connectivity index (χ0v) is 9.56. The van der Waals surface area contributed by atoms with Gasteiger partial charge < -0.3 is 19.9 Å². The van der Waals surface area contributed by atoms with Crippen molar-refractivity contribution >= 4 is 0 Å². The van der Waals surface area contributed by atoms with Gasteiger partial charge in [-0.1, -0.05) is 6.07 Å². The summed E-state index contributed by atoms with van der Waals surface area (Å²) in [5.41, 5.74) is 1.02. The number of phenols is 1. The molecule has 0 spiro atoms. The number of hydrogen-bond acceptors (Lipinski definition) is 4. The van der Waals surface area contributed by atoms with E-state index in [0.29, 0.717) is 18.4 Å². The van der Waals surface area contributed by atoms with Crippen molar-refractivity contribution in [3.05, 3.63) is 23.8 Å². The molecule has 1 aromatic rings. The molecule has 4 nitrogen and oxygen atoms in total. The lowest BCUT2D eigenvalue weighted by molar-refractivity contribution is 0.0503. The highest BCUT2D eigenvalue weighted by molar-refractivity contribution is 5.42. The van der Waals surface area contributed by atoms with Crippen molar-refractivity contribution in [2.75, 3.05) is 20.3 Å². The van der Waals surface area contributed by atoms with Gasteiger partial charge in [0.25, 0.3) is 0 Å². The SMILES string of the molecule is COc1ccc(C2COCC(C)N2)cc1O. The first-order valence-corrected chi connectivity index (χ1v) is 5.41. The minimum atomic E-state index is 0.139. The van der Waals surface area contributed by atoms with Crippen molar-refractivity contribution in [3.63, 3.8) is 0 Å². The number of ether oxygens (including phenoxy) is 2. The first kappa shape index (κ1) is 11.2. The third-order valence-corrected chi connectivity index (χ3v) is 2.74. The second-order valence-corrected chi connectivity index (χ2v) is 4.09. The van der Waals surface area contributed by atoms with Crippen LogP contribution in [0.1, 0.15) is 18.5 Å². The molecule has 1 fully saturated rings. The van der Waals surface area contributed by atoms with Gasteiger partial charge in [-0.3, -0.25) is 0 Å². The molecule has 88 valence electrons. The maximum atomic E-state index is 9.69. The normalized spacial score (nSPS) is 25.4. The number of methoxy groups -OCH3 is 1. The largest absolute Gasteiger partial charge is 0.504 e. The van der Waals surface area contributed by atoms with Crippen LogP contribution in [0.25, 0.3) is 0 Å². The Morgan fingerprint density at radius 2 is 2.25 bits per heavy atom. The Balaban J connectivity index is 2.17. The minimum Gasteiger partial charge on any atom is -0.504 e. The number of nitrogens with one attached hydrogen (secondary N) is 1. The summed E-state index contributed by atoms with van der Waals surface area (Å²) < 4.78 is 10.5. The lowest BCUT2D eigenvalue weighted by Crippen LogP contribution is -2.41. The summed E-state index contributed by atoms with van der Waals surface area (Å²) in [6.45, 7) is 3.45. The van der Waals surface area contributed by atoms with Gasteiger partial charge >= 0.3 is 0 Å². The van der Waals surface area contributed by atoms with Gasteiger partial charge in [-0.15, -0.1) is 0 Å². The van der Waals surface area contributed by atoms with E-state index < -0.39 is 0 Å². The average molecular weight is 223 g/mol. The summed E-state index contributed by atoms with van der Waals surface area (Å²) in [5, 5.41) is 13.1. The monoisotopic (exact) mass is 223 g/mol. The van der Waals surface area contributed by atoms with Crippen LogP contribution in [0, 0.1) is 0 Å². The molecule has 2 atom stereocenters. The molecular weight excluding hydrogens is 206 g/mol. The second-order valence-electron chi connectivity index (χ2n) is 4.09. The quantitative estimate of drug-likeness (QED) is 0.796. The molecule has 0 radical (unpaired) electrons. The van der Waals surface area contributed by atoms with Crippen LogP contribution in [0.4, 0.5) is 0 Å². The molecular formula is C12H17NO3. The molecule has 0 saturated carbocycles. The van der Waals surface area contributed by atoms with E-state index in [1.165, 1.54) is 0 Å². The lowest BCUT2D eigenvalue weighted by atomic mass is 10.0. The van der Waals surface area contributed by atoms with Gasteiger partial charge in [-0.05, 0) is 24.6 Å². The highest BCUT2D eigenvalue weighted by Crippen LogP contribution is 2.29. The van der Waals surface area contributed by atoms with Crippen LogP contribution >= 0.6 is 0 Å². The molecule has 2 rings (SSSR count). The van der Waals surface area contributed by atoms with Crippen molar-refractivity contribution in [2.45, 2.75) is 19.0 Å². The van der Waals surface area contributed by atoms with Gasteiger partial charge in [0, 0.05) is 6.04 Å². The average Bonchev–Trinajstić information content (AvgIpc) is 2.29. The van der Waals surface area contributed by atoms with Gasteiger partial charge in [-0.25, -0.2) is 0 Å². The third kappa shape index (κ3) is 2.28. The number of rotatable bonds is 2. The number of morpholine rings is 1. The highest BCUT2D eigenvalue weighted by Gasteiger charge is 2.20. The van der Waals surface area contributed by atoms with Gasteiger partial charge in [0.1, 0.15) is 0 Å². The van der Waals surface area contributed by atoms with E-state index in [-0.39, 0.29) is 11.8 Å². The van der Waals surface area contributed by atoms with Crippen LogP contribution < -0.4 is 10.1 Å². The Bertz CT molecular complexity index is 367. The highest BCUT2D eigenvalue weighted by atomic mass is 16.5. The summed E-state index contributed by atoms with van der Waals surface area (Å²) in [6, 6.07) is 5.91. The fraction of sp³-hybridized carbons (Fsp3) is 0.500. The summed E-state index contributed by atoms with van der Waals surface area (Å²) in [7, 11) is 1.54. The fourth-order valence-corrected chi connectivity index (χ4v) is 1.92. The number of phenolic OH excluding ortho intramolecular Hbond substituents is 1. The van der Waals surface area contributed by atoms with E-state index in [1.807, 2.05) is 6.07 Å². The molecule has 1 aliphatic rings. The van der Waals surface area contributed by atoms with Crippen LogP contribution in [0.15, 0.2) is 18.2 Å². The molecule has 1 saturated heterocycles. The topological polar surface area (TPSA) is 50.7 Å². The molecule has 0 aliphatic carbocycles. The first-order valence-electron chi connectivity index (χ1n) is 5.41. The molecule has 1 aromatic carbocycles. The maximum Gasteiger partial charge on any atom is 0.160 e. The van der Waals surface area contributed by atoms with Crippen LogP contribution in [-0.2, 0) is 4.74 Å². The number of aromatic hydroxyl groups is 1. The van der Waals surface area contributed by atoms with Crippen LogP contribution in [0.2, 0.25) is 0 Å². The summed E-state index contributed by atoms with van der Waals surface area (Å²) in [6.07, 6.45) is 0. The predicted octanol–water partition coefficient (Wildman–Crippen LogP) is 1.45. The molecule has 16 heavy (non-hydrogen) atoms. The molecule has 2 unspecified atom stereocenters. The van der Waals surface area contributed by atoms with E-state index in [9.17, 15) is 5.11 Å². The van der Waals surface area contributed by atoms with Gasteiger partial charge in [0.2, 0.25) is 0 Å². The molecule has 0 aromatic heterocycles. The third-order valence-electron chi connectivity index (χ3n) is 2.74. The lowest BCUT2D eigenvalue weighted by Gasteiger charge is -2.29. The Labute approximate surface area is 95.2 Å². The van der Waals surface area contributed by atoms with E-state index in [2.05, 4.69) is 12.2 Å². The summed E-state index contributed by atoms with van der Waals surface area (Å²) in [5.74, 6) is 0.661. The van der Waals surface area contributed by atoms with Crippen molar-refractivity contribution in [3.8, 4) is 11.5 Å². The van der Waals surface area contributed by atoms with Gasteiger partial charge in [0.15, 0.2) is 11.5 Å². The minimum absolute atomic E-state index is 0.139. The molecule has 1 aliphatic heterocycles. The van der Waals surface area contributed by atoms with E-state index in [1.54, 1.807) is 19.2 Å². The Morgan fingerprint density at radius 1 is 1.44 bits per heavy atom. The predicted molar refractivity (Wildman–Crippen MR) is 60.8 cm³/mol. The van der Waals surface area contributed by atoms with Crippen LogP contribution in [-0.4, -0.2) is 31.5 Å². The fourth-order valence-electron chi connectivity index (χ4n) is 1.92. The van der Waals surface area contributed by atoms with Crippen LogP contribution in [0.3, 0.4) is 0 Å². The smallest absolute Gasteiger partial charge is 0.160 e. The standard InChI is InChI=1S/C12H17NO3/c1-8-6-16-7-10(13-8)9-3-4-12(15-2)11(14)5-9/h3-5,8,10,13-14H,6-7H2,1-2H3.